The lowest BCUT2D eigenvalue weighted by atomic mass is 9.78. The summed E-state index contributed by atoms with van der Waals surface area (Å²) >= 11 is -3.45. The molecule has 2 N–H and O–H groups in total. The maximum absolute atomic E-state index is 12.9. The van der Waals surface area contributed by atoms with Gasteiger partial charge in [-0.2, -0.15) is 8.42 Å². The predicted molar refractivity (Wildman–Crippen MR) is 147 cm³/mol. The van der Waals surface area contributed by atoms with E-state index < -0.39 is 32.3 Å². The lowest BCUT2D eigenvalue weighted by molar-refractivity contribution is -0.479. The molecular weight excluding hydrogens is 534 g/mol. The van der Waals surface area contributed by atoms with Gasteiger partial charge in [-0.15, -0.1) is 0 Å². The molecular formula is C26H36NO7S3+. The SMILES string of the molecule is CC.CCC(C)(C)c1c([NH2+]c2cccc(S(=O)(=O)OC)c2)cc(S(=O)OC)c2cc(S(=O)OC)ccc12. The molecule has 3 aromatic rings. The number of rotatable bonds is 10. The quantitative estimate of drug-likeness (QED) is 0.276. The summed E-state index contributed by atoms with van der Waals surface area (Å²) in [4.78, 5) is 0.905. The third kappa shape index (κ3) is 6.91. The smallest absolute Gasteiger partial charge is 0.290 e. The van der Waals surface area contributed by atoms with Crippen LogP contribution in [0.4, 0.5) is 11.4 Å². The second-order valence-corrected chi connectivity index (χ2v) is 12.7. The Morgan fingerprint density at radius 3 is 2.11 bits per heavy atom. The summed E-state index contributed by atoms with van der Waals surface area (Å²) in [5, 5.41) is 3.35. The second kappa shape index (κ2) is 13.2. The van der Waals surface area contributed by atoms with E-state index in [-0.39, 0.29) is 10.3 Å². The molecule has 0 aliphatic rings. The van der Waals surface area contributed by atoms with E-state index in [9.17, 15) is 16.8 Å². The molecule has 0 fully saturated rings. The first-order valence-electron chi connectivity index (χ1n) is 11.8. The minimum absolute atomic E-state index is 0.0400. The summed E-state index contributed by atoms with van der Waals surface area (Å²) in [6, 6.07) is 13.5. The zero-order valence-electron chi connectivity index (χ0n) is 22.5. The summed E-state index contributed by atoms with van der Waals surface area (Å²) in [5.74, 6) is 0. The van der Waals surface area contributed by atoms with Gasteiger partial charge in [0.1, 0.15) is 11.4 Å². The van der Waals surface area contributed by atoms with Crippen LogP contribution in [0, 0.1) is 0 Å². The highest BCUT2D eigenvalue weighted by molar-refractivity contribution is 7.86. The Bertz CT molecular complexity index is 1400. The van der Waals surface area contributed by atoms with E-state index in [0.29, 0.717) is 20.9 Å². The van der Waals surface area contributed by atoms with Crippen LogP contribution in [0.1, 0.15) is 46.6 Å². The molecule has 3 rings (SSSR count). The van der Waals surface area contributed by atoms with Crippen molar-refractivity contribution in [3.8, 4) is 0 Å². The maximum Gasteiger partial charge on any atom is 0.296 e. The Morgan fingerprint density at radius 2 is 1.54 bits per heavy atom. The zero-order chi connectivity index (χ0) is 28.0. The zero-order valence-corrected chi connectivity index (χ0v) is 24.9. The van der Waals surface area contributed by atoms with Crippen LogP contribution in [-0.4, -0.2) is 38.2 Å². The fourth-order valence-corrected chi connectivity index (χ4v) is 5.96. The largest absolute Gasteiger partial charge is 0.296 e. The van der Waals surface area contributed by atoms with Gasteiger partial charge in [0, 0.05) is 23.1 Å². The highest BCUT2D eigenvalue weighted by Gasteiger charge is 2.30. The van der Waals surface area contributed by atoms with Crippen molar-refractivity contribution in [2.24, 2.45) is 0 Å². The molecule has 0 bridgehead atoms. The van der Waals surface area contributed by atoms with E-state index in [0.717, 1.165) is 30.2 Å². The summed E-state index contributed by atoms with van der Waals surface area (Å²) in [7, 11) is -0.0321. The molecule has 11 heteroatoms. The molecule has 3 aromatic carbocycles. The van der Waals surface area contributed by atoms with Crippen molar-refractivity contribution < 1.29 is 34.7 Å². The van der Waals surface area contributed by atoms with Gasteiger partial charge < -0.3 is 0 Å². The summed E-state index contributed by atoms with van der Waals surface area (Å²) < 4.78 is 64.5. The molecule has 0 aliphatic carbocycles. The molecule has 2 atom stereocenters. The van der Waals surface area contributed by atoms with Crippen LogP contribution in [0.15, 0.2) is 63.2 Å². The van der Waals surface area contributed by atoms with Gasteiger partial charge >= 0.3 is 0 Å². The van der Waals surface area contributed by atoms with Gasteiger partial charge in [-0.25, -0.2) is 8.42 Å². The summed E-state index contributed by atoms with van der Waals surface area (Å²) in [6.07, 6.45) is 0.805. The van der Waals surface area contributed by atoms with Crippen molar-refractivity contribution in [2.75, 3.05) is 21.3 Å². The highest BCUT2D eigenvalue weighted by atomic mass is 32.2. The average molecular weight is 571 g/mol. The van der Waals surface area contributed by atoms with E-state index >= 15 is 0 Å². The van der Waals surface area contributed by atoms with Gasteiger partial charge in [-0.05, 0) is 41.5 Å². The lowest BCUT2D eigenvalue weighted by Crippen LogP contribution is -2.72. The van der Waals surface area contributed by atoms with Crippen LogP contribution in [-0.2, 0) is 50.2 Å². The number of fused-ring (bicyclic) bond motifs is 1. The van der Waals surface area contributed by atoms with Crippen LogP contribution >= 0.6 is 0 Å². The maximum atomic E-state index is 12.9. The molecule has 0 heterocycles. The van der Waals surface area contributed by atoms with Gasteiger partial charge in [0.15, 0.2) is 22.2 Å². The molecule has 0 saturated heterocycles. The topological polar surface area (TPSA) is 113 Å². The van der Waals surface area contributed by atoms with Crippen LogP contribution < -0.4 is 5.32 Å². The first-order chi connectivity index (χ1) is 17.5. The molecule has 0 amide bonds. The molecule has 0 aromatic heterocycles. The Hall–Kier alpha value is -1.99. The Morgan fingerprint density at radius 1 is 0.892 bits per heavy atom. The average Bonchev–Trinajstić information content (AvgIpc) is 2.92. The van der Waals surface area contributed by atoms with Gasteiger partial charge in [-0.1, -0.05) is 46.8 Å². The summed E-state index contributed by atoms with van der Waals surface area (Å²) in [6.45, 7) is 10.3. The molecule has 37 heavy (non-hydrogen) atoms. The number of benzene rings is 3. The number of hydrogen-bond donors (Lipinski definition) is 1. The first kappa shape index (κ1) is 31.2. The number of nitrogens with two attached hydrogens (primary N) is 1. The van der Waals surface area contributed by atoms with Crippen molar-refractivity contribution in [2.45, 2.75) is 61.1 Å². The minimum atomic E-state index is -3.86. The van der Waals surface area contributed by atoms with Crippen LogP contribution in [0.3, 0.4) is 0 Å². The Balaban J connectivity index is 0.00000235. The van der Waals surface area contributed by atoms with E-state index in [4.69, 9.17) is 8.37 Å². The standard InChI is InChI=1S/C24H29NO7S3.C2H6/c1-7-24(2,3)23-19-12-11-17(33(26)30-4)14-20(19)22(34(27)31-5)15-21(23)25-16-9-8-10-18(13-16)35(28,29)32-6;1-2/h8-15,25H,7H2,1-6H3;1-2H3/p+1. The Kier molecular flexibility index (Phi) is 11.1. The van der Waals surface area contributed by atoms with Crippen LogP contribution in [0.25, 0.3) is 10.8 Å². The molecule has 0 spiro atoms. The van der Waals surface area contributed by atoms with Crippen molar-refractivity contribution in [1.82, 2.24) is 0 Å². The van der Waals surface area contributed by atoms with Gasteiger partial charge in [-0.3, -0.25) is 17.9 Å². The van der Waals surface area contributed by atoms with E-state index in [1.165, 1.54) is 26.4 Å². The van der Waals surface area contributed by atoms with E-state index in [1.54, 1.807) is 30.3 Å². The first-order valence-corrected chi connectivity index (χ1v) is 15.3. The fraction of sp³-hybridized carbons (Fsp3) is 0.385. The van der Waals surface area contributed by atoms with Gasteiger partial charge in [0.2, 0.25) is 0 Å². The molecule has 2 unspecified atom stereocenters. The van der Waals surface area contributed by atoms with Crippen molar-refractivity contribution in [3.05, 3.63) is 54.1 Å². The molecule has 0 saturated carbocycles. The fourth-order valence-electron chi connectivity index (χ4n) is 3.90. The van der Waals surface area contributed by atoms with Crippen molar-refractivity contribution in [1.29, 1.82) is 0 Å². The third-order valence-corrected chi connectivity index (χ3v) is 9.24. The van der Waals surface area contributed by atoms with Crippen LogP contribution in [0.2, 0.25) is 0 Å². The lowest BCUT2D eigenvalue weighted by Gasteiger charge is -2.27. The monoisotopic (exact) mass is 570 g/mol. The third-order valence-electron chi connectivity index (χ3n) is 6.02. The van der Waals surface area contributed by atoms with Gasteiger partial charge in [0.05, 0.1) is 36.0 Å². The van der Waals surface area contributed by atoms with Crippen molar-refractivity contribution >= 4 is 54.4 Å². The summed E-state index contributed by atoms with van der Waals surface area (Å²) in [5.41, 5.74) is 2.11. The minimum Gasteiger partial charge on any atom is -0.290 e. The Labute approximate surface area is 225 Å². The van der Waals surface area contributed by atoms with E-state index in [1.807, 2.05) is 25.2 Å². The van der Waals surface area contributed by atoms with Gasteiger partial charge in [0.25, 0.3) is 10.1 Å². The molecule has 0 radical (unpaired) electrons. The van der Waals surface area contributed by atoms with Crippen LogP contribution in [0.5, 0.6) is 0 Å². The normalized spacial score (nSPS) is 13.6. The second-order valence-electron chi connectivity index (χ2n) is 8.42. The van der Waals surface area contributed by atoms with Crippen molar-refractivity contribution in [3.63, 3.8) is 0 Å². The molecule has 0 aliphatic heterocycles. The highest BCUT2D eigenvalue weighted by Crippen LogP contribution is 2.40. The molecule has 8 nitrogen and oxygen atoms in total. The molecule has 204 valence electrons. The number of quaternary nitrogens is 1. The predicted octanol–water partition coefficient (Wildman–Crippen LogP) is 4.75. The number of hydrogen-bond acceptors (Lipinski definition) is 7. The van der Waals surface area contributed by atoms with E-state index in [2.05, 4.69) is 25.0 Å².